The Bertz CT molecular complexity index is 909. The SMILES string of the molecule is COc1cc2c(cc1OC)CN(C(=O)CCC(=O)N1CCN(S(C)(=O)=O)CC1)CC2. The molecule has 0 N–H and O–H groups in total. The van der Waals surface area contributed by atoms with Crippen LogP contribution in [0.15, 0.2) is 12.1 Å². The zero-order valence-electron chi connectivity index (χ0n) is 17.7. The van der Waals surface area contributed by atoms with Crippen LogP contribution in [-0.4, -0.2) is 87.5 Å². The number of methoxy groups -OCH3 is 2. The van der Waals surface area contributed by atoms with Crippen LogP contribution in [0, 0.1) is 0 Å². The number of carbonyl (C=O) groups is 2. The highest BCUT2D eigenvalue weighted by Gasteiger charge is 2.27. The number of piperazine rings is 1. The number of hydrogen-bond donors (Lipinski definition) is 0. The maximum atomic E-state index is 12.7. The Morgan fingerprint density at radius 3 is 1.93 bits per heavy atom. The van der Waals surface area contributed by atoms with Crippen molar-refractivity contribution in [3.05, 3.63) is 23.3 Å². The highest BCUT2D eigenvalue weighted by atomic mass is 32.2. The molecule has 0 saturated carbocycles. The molecule has 1 fully saturated rings. The summed E-state index contributed by atoms with van der Waals surface area (Å²) in [5, 5.41) is 0. The lowest BCUT2D eigenvalue weighted by atomic mass is 9.98. The maximum absolute atomic E-state index is 12.7. The van der Waals surface area contributed by atoms with Crippen molar-refractivity contribution < 1.29 is 27.5 Å². The van der Waals surface area contributed by atoms with Crippen LogP contribution in [0.4, 0.5) is 0 Å². The molecule has 0 spiro atoms. The summed E-state index contributed by atoms with van der Waals surface area (Å²) in [6.07, 6.45) is 2.18. The first-order valence-electron chi connectivity index (χ1n) is 9.97. The van der Waals surface area contributed by atoms with E-state index in [-0.39, 0.29) is 24.7 Å². The van der Waals surface area contributed by atoms with Crippen molar-refractivity contribution in [3.8, 4) is 11.5 Å². The van der Waals surface area contributed by atoms with Gasteiger partial charge in [-0.05, 0) is 29.7 Å². The molecule has 166 valence electrons. The number of rotatable bonds is 6. The van der Waals surface area contributed by atoms with Crippen LogP contribution in [0.5, 0.6) is 11.5 Å². The molecule has 3 rings (SSSR count). The van der Waals surface area contributed by atoms with Crippen molar-refractivity contribution in [2.45, 2.75) is 25.8 Å². The third-order valence-corrected chi connectivity index (χ3v) is 6.99. The summed E-state index contributed by atoms with van der Waals surface area (Å²) in [5.41, 5.74) is 2.16. The lowest BCUT2D eigenvalue weighted by molar-refractivity contribution is -0.138. The van der Waals surface area contributed by atoms with Gasteiger partial charge in [0.1, 0.15) is 0 Å². The van der Waals surface area contributed by atoms with Gasteiger partial charge in [-0.15, -0.1) is 0 Å². The van der Waals surface area contributed by atoms with Gasteiger partial charge in [0.05, 0.1) is 20.5 Å². The highest BCUT2D eigenvalue weighted by Crippen LogP contribution is 2.33. The average Bonchev–Trinajstić information content (AvgIpc) is 2.75. The zero-order chi connectivity index (χ0) is 21.9. The van der Waals surface area contributed by atoms with Crippen LogP contribution in [-0.2, 0) is 32.6 Å². The largest absolute Gasteiger partial charge is 0.493 e. The van der Waals surface area contributed by atoms with Gasteiger partial charge in [-0.1, -0.05) is 0 Å². The van der Waals surface area contributed by atoms with Gasteiger partial charge in [0.2, 0.25) is 21.8 Å². The molecule has 1 aromatic rings. The molecule has 0 atom stereocenters. The first kappa shape index (κ1) is 22.4. The summed E-state index contributed by atoms with van der Waals surface area (Å²) in [4.78, 5) is 28.5. The number of ether oxygens (including phenoxy) is 2. The van der Waals surface area contributed by atoms with E-state index in [0.29, 0.717) is 50.8 Å². The van der Waals surface area contributed by atoms with E-state index in [4.69, 9.17) is 9.47 Å². The summed E-state index contributed by atoms with van der Waals surface area (Å²) < 4.78 is 35.2. The minimum absolute atomic E-state index is 0.0569. The topological polar surface area (TPSA) is 96.5 Å². The Labute approximate surface area is 177 Å². The van der Waals surface area contributed by atoms with Gasteiger partial charge < -0.3 is 19.3 Å². The Kier molecular flexibility index (Phi) is 6.87. The quantitative estimate of drug-likeness (QED) is 0.639. The van der Waals surface area contributed by atoms with Crippen molar-refractivity contribution in [3.63, 3.8) is 0 Å². The summed E-state index contributed by atoms with van der Waals surface area (Å²) in [7, 11) is -0.0526. The van der Waals surface area contributed by atoms with Gasteiger partial charge in [0, 0.05) is 52.1 Å². The molecule has 2 amide bonds. The minimum atomic E-state index is -3.23. The van der Waals surface area contributed by atoms with E-state index in [1.54, 1.807) is 24.0 Å². The van der Waals surface area contributed by atoms with Crippen LogP contribution >= 0.6 is 0 Å². The van der Waals surface area contributed by atoms with Crippen LogP contribution < -0.4 is 9.47 Å². The van der Waals surface area contributed by atoms with Crippen LogP contribution in [0.2, 0.25) is 0 Å². The van der Waals surface area contributed by atoms with E-state index in [0.717, 1.165) is 17.5 Å². The first-order chi connectivity index (χ1) is 14.2. The monoisotopic (exact) mass is 439 g/mol. The molecule has 1 saturated heterocycles. The Morgan fingerprint density at radius 1 is 0.867 bits per heavy atom. The van der Waals surface area contributed by atoms with Crippen molar-refractivity contribution >= 4 is 21.8 Å². The maximum Gasteiger partial charge on any atom is 0.223 e. The van der Waals surface area contributed by atoms with E-state index >= 15 is 0 Å². The summed E-state index contributed by atoms with van der Waals surface area (Å²) >= 11 is 0. The Hall–Kier alpha value is -2.33. The van der Waals surface area contributed by atoms with Crippen LogP contribution in [0.25, 0.3) is 0 Å². The smallest absolute Gasteiger partial charge is 0.223 e. The van der Waals surface area contributed by atoms with Gasteiger partial charge in [-0.3, -0.25) is 9.59 Å². The molecule has 0 radical (unpaired) electrons. The molecule has 2 aliphatic rings. The average molecular weight is 440 g/mol. The third kappa shape index (κ3) is 5.04. The zero-order valence-corrected chi connectivity index (χ0v) is 18.5. The predicted octanol–water partition coefficient (Wildman–Crippen LogP) is 0.473. The van der Waals surface area contributed by atoms with Crippen molar-refractivity contribution in [1.82, 2.24) is 14.1 Å². The van der Waals surface area contributed by atoms with E-state index in [2.05, 4.69) is 0 Å². The predicted molar refractivity (Wildman–Crippen MR) is 111 cm³/mol. The lowest BCUT2D eigenvalue weighted by Crippen LogP contribution is -2.50. The second-order valence-corrected chi connectivity index (χ2v) is 9.57. The van der Waals surface area contributed by atoms with E-state index in [1.165, 1.54) is 10.6 Å². The lowest BCUT2D eigenvalue weighted by Gasteiger charge is -2.33. The fraction of sp³-hybridized carbons (Fsp3) is 0.600. The normalized spacial score (nSPS) is 17.4. The molecule has 0 unspecified atom stereocenters. The second kappa shape index (κ2) is 9.22. The standard InChI is InChI=1S/C20H29N3O6S/c1-28-17-12-15-6-7-22(14-16(15)13-18(17)29-2)20(25)5-4-19(24)21-8-10-23(11-9-21)30(3,26)27/h12-13H,4-11,14H2,1-3H3. The molecule has 0 aliphatic carbocycles. The molecule has 2 heterocycles. The van der Waals surface area contributed by atoms with Gasteiger partial charge >= 0.3 is 0 Å². The second-order valence-electron chi connectivity index (χ2n) is 7.58. The fourth-order valence-electron chi connectivity index (χ4n) is 3.90. The first-order valence-corrected chi connectivity index (χ1v) is 11.8. The van der Waals surface area contributed by atoms with Crippen LogP contribution in [0.3, 0.4) is 0 Å². The number of fused-ring (bicyclic) bond motifs is 1. The van der Waals surface area contributed by atoms with E-state index < -0.39 is 10.0 Å². The highest BCUT2D eigenvalue weighted by molar-refractivity contribution is 7.88. The Balaban J connectivity index is 1.52. The van der Waals surface area contributed by atoms with E-state index in [1.807, 2.05) is 12.1 Å². The number of nitrogens with zero attached hydrogens (tertiary/aromatic N) is 3. The van der Waals surface area contributed by atoms with Crippen molar-refractivity contribution in [2.24, 2.45) is 0 Å². The molecule has 30 heavy (non-hydrogen) atoms. The molecule has 0 bridgehead atoms. The van der Waals surface area contributed by atoms with E-state index in [9.17, 15) is 18.0 Å². The molecule has 9 nitrogen and oxygen atoms in total. The molecule has 0 aromatic heterocycles. The fourth-order valence-corrected chi connectivity index (χ4v) is 4.72. The Morgan fingerprint density at radius 2 is 1.40 bits per heavy atom. The van der Waals surface area contributed by atoms with Crippen LogP contribution in [0.1, 0.15) is 24.0 Å². The van der Waals surface area contributed by atoms with Gasteiger partial charge in [0.25, 0.3) is 0 Å². The number of benzene rings is 1. The molecular weight excluding hydrogens is 410 g/mol. The molecule has 10 heteroatoms. The number of sulfonamides is 1. The third-order valence-electron chi connectivity index (χ3n) is 5.68. The van der Waals surface area contributed by atoms with Gasteiger partial charge in [0.15, 0.2) is 11.5 Å². The molecular formula is C20H29N3O6S. The summed E-state index contributed by atoms with van der Waals surface area (Å²) in [6, 6.07) is 3.86. The number of amides is 2. The van der Waals surface area contributed by atoms with Gasteiger partial charge in [-0.25, -0.2) is 8.42 Å². The minimum Gasteiger partial charge on any atom is -0.493 e. The summed E-state index contributed by atoms with van der Waals surface area (Å²) in [6.45, 7) is 2.40. The number of carbonyl (C=O) groups excluding carboxylic acids is 2. The number of hydrogen-bond acceptors (Lipinski definition) is 6. The van der Waals surface area contributed by atoms with Crippen molar-refractivity contribution in [2.75, 3.05) is 53.2 Å². The molecule has 1 aromatic carbocycles. The molecule has 2 aliphatic heterocycles. The summed E-state index contributed by atoms with van der Waals surface area (Å²) in [5.74, 6) is 1.14. The van der Waals surface area contributed by atoms with Crippen molar-refractivity contribution in [1.29, 1.82) is 0 Å². The van der Waals surface area contributed by atoms with Gasteiger partial charge in [-0.2, -0.15) is 4.31 Å².